The van der Waals surface area contributed by atoms with Crippen LogP contribution in [0.3, 0.4) is 0 Å². The number of anilines is 2. The molecule has 0 fully saturated rings. The molecule has 0 aliphatic heterocycles. The van der Waals surface area contributed by atoms with Crippen LogP contribution in [0.25, 0.3) is 0 Å². The standard InChI is InChI=1S/C16H20N2O/c1-11-6-12(2)8-15(7-11)18(3)10-13-9-14(17)4-5-16(13)19/h4-9,19H,10,17H2,1-3H3. The SMILES string of the molecule is Cc1cc(C)cc(N(C)Cc2cc(N)ccc2O)c1. The first-order valence-corrected chi connectivity index (χ1v) is 6.32. The van der Waals surface area contributed by atoms with Gasteiger partial charge in [-0.15, -0.1) is 0 Å². The van der Waals surface area contributed by atoms with Gasteiger partial charge in [-0.1, -0.05) is 6.07 Å². The Hall–Kier alpha value is -2.16. The minimum Gasteiger partial charge on any atom is -0.508 e. The van der Waals surface area contributed by atoms with E-state index < -0.39 is 0 Å². The number of hydrogen-bond acceptors (Lipinski definition) is 3. The van der Waals surface area contributed by atoms with Crippen molar-refractivity contribution in [1.29, 1.82) is 0 Å². The Morgan fingerprint density at radius 3 is 2.32 bits per heavy atom. The van der Waals surface area contributed by atoms with Crippen LogP contribution in [0, 0.1) is 13.8 Å². The second-order valence-electron chi connectivity index (χ2n) is 5.09. The van der Waals surface area contributed by atoms with Crippen molar-refractivity contribution in [2.45, 2.75) is 20.4 Å². The molecule has 0 aromatic heterocycles. The minimum atomic E-state index is 0.283. The lowest BCUT2D eigenvalue weighted by Crippen LogP contribution is -2.16. The number of phenols is 1. The molecule has 0 bridgehead atoms. The maximum absolute atomic E-state index is 9.86. The van der Waals surface area contributed by atoms with Gasteiger partial charge in [0.2, 0.25) is 0 Å². The number of phenolic OH excluding ortho intramolecular Hbond substituents is 1. The number of aryl methyl sites for hydroxylation is 2. The zero-order chi connectivity index (χ0) is 14.0. The predicted molar refractivity (Wildman–Crippen MR) is 80.5 cm³/mol. The quantitative estimate of drug-likeness (QED) is 0.655. The molecular formula is C16H20N2O. The second kappa shape index (κ2) is 5.22. The van der Waals surface area contributed by atoms with Gasteiger partial charge >= 0.3 is 0 Å². The zero-order valence-electron chi connectivity index (χ0n) is 11.6. The Kier molecular flexibility index (Phi) is 3.65. The van der Waals surface area contributed by atoms with Gasteiger partial charge in [-0.05, 0) is 55.3 Å². The molecule has 0 aliphatic carbocycles. The molecule has 19 heavy (non-hydrogen) atoms. The minimum absolute atomic E-state index is 0.283. The van der Waals surface area contributed by atoms with Gasteiger partial charge in [-0.3, -0.25) is 0 Å². The van der Waals surface area contributed by atoms with Gasteiger partial charge < -0.3 is 15.7 Å². The van der Waals surface area contributed by atoms with Crippen LogP contribution in [-0.2, 0) is 6.54 Å². The molecule has 0 atom stereocenters. The number of nitrogens with two attached hydrogens (primary N) is 1. The average molecular weight is 256 g/mol. The zero-order valence-corrected chi connectivity index (χ0v) is 11.6. The summed E-state index contributed by atoms with van der Waals surface area (Å²) in [5.74, 6) is 0.283. The molecule has 0 heterocycles. The summed E-state index contributed by atoms with van der Waals surface area (Å²) in [7, 11) is 2.01. The molecule has 2 aromatic rings. The first-order valence-electron chi connectivity index (χ1n) is 6.32. The summed E-state index contributed by atoms with van der Waals surface area (Å²) in [4.78, 5) is 2.11. The maximum Gasteiger partial charge on any atom is 0.120 e. The van der Waals surface area contributed by atoms with Crippen molar-refractivity contribution in [3.8, 4) is 5.75 Å². The monoisotopic (exact) mass is 256 g/mol. The molecule has 3 nitrogen and oxygen atoms in total. The maximum atomic E-state index is 9.86. The van der Waals surface area contributed by atoms with Gasteiger partial charge in [0.1, 0.15) is 5.75 Å². The Balaban J connectivity index is 2.25. The van der Waals surface area contributed by atoms with Gasteiger partial charge in [-0.25, -0.2) is 0 Å². The fourth-order valence-electron chi connectivity index (χ4n) is 2.25. The number of aromatic hydroxyl groups is 1. The molecule has 3 N–H and O–H groups in total. The Bertz CT molecular complexity index is 573. The summed E-state index contributed by atoms with van der Waals surface area (Å²) in [5.41, 5.74) is 10.9. The van der Waals surface area contributed by atoms with Crippen molar-refractivity contribution in [2.24, 2.45) is 0 Å². The highest BCUT2D eigenvalue weighted by atomic mass is 16.3. The number of nitrogens with zero attached hydrogens (tertiary/aromatic N) is 1. The van der Waals surface area contributed by atoms with Crippen LogP contribution >= 0.6 is 0 Å². The van der Waals surface area contributed by atoms with Crippen LogP contribution in [-0.4, -0.2) is 12.2 Å². The first kappa shape index (κ1) is 13.3. The molecule has 2 aromatic carbocycles. The summed E-state index contributed by atoms with van der Waals surface area (Å²) in [5, 5.41) is 9.86. The summed E-state index contributed by atoms with van der Waals surface area (Å²) in [6.07, 6.45) is 0. The third-order valence-corrected chi connectivity index (χ3v) is 3.16. The van der Waals surface area contributed by atoms with E-state index in [0.29, 0.717) is 12.2 Å². The smallest absolute Gasteiger partial charge is 0.120 e. The van der Waals surface area contributed by atoms with Crippen molar-refractivity contribution >= 4 is 11.4 Å². The van der Waals surface area contributed by atoms with E-state index in [9.17, 15) is 5.11 Å². The van der Waals surface area contributed by atoms with Crippen LogP contribution in [0.15, 0.2) is 36.4 Å². The number of rotatable bonds is 3. The highest BCUT2D eigenvalue weighted by molar-refractivity contribution is 5.53. The Morgan fingerprint density at radius 1 is 1.05 bits per heavy atom. The number of hydrogen-bond donors (Lipinski definition) is 2. The van der Waals surface area contributed by atoms with Gasteiger partial charge in [0.15, 0.2) is 0 Å². The van der Waals surface area contributed by atoms with E-state index >= 15 is 0 Å². The third kappa shape index (κ3) is 3.19. The molecular weight excluding hydrogens is 236 g/mol. The van der Waals surface area contributed by atoms with E-state index in [1.807, 2.05) is 13.1 Å². The van der Waals surface area contributed by atoms with Gasteiger partial charge in [0, 0.05) is 30.5 Å². The summed E-state index contributed by atoms with van der Waals surface area (Å²) in [6, 6.07) is 11.6. The van der Waals surface area contributed by atoms with E-state index in [2.05, 4.69) is 36.9 Å². The molecule has 2 rings (SSSR count). The molecule has 0 spiro atoms. The molecule has 3 heteroatoms. The normalized spacial score (nSPS) is 10.5. The molecule has 0 saturated carbocycles. The van der Waals surface area contributed by atoms with E-state index in [0.717, 1.165) is 11.3 Å². The molecule has 0 unspecified atom stereocenters. The van der Waals surface area contributed by atoms with Crippen molar-refractivity contribution in [2.75, 3.05) is 17.7 Å². The average Bonchev–Trinajstić information content (AvgIpc) is 2.32. The predicted octanol–water partition coefficient (Wildman–Crippen LogP) is 3.23. The fourth-order valence-corrected chi connectivity index (χ4v) is 2.25. The van der Waals surface area contributed by atoms with Crippen molar-refractivity contribution in [3.05, 3.63) is 53.1 Å². The molecule has 100 valence electrons. The van der Waals surface area contributed by atoms with E-state index in [-0.39, 0.29) is 5.75 Å². The van der Waals surface area contributed by atoms with Gasteiger partial charge in [0.05, 0.1) is 0 Å². The molecule has 0 aliphatic rings. The second-order valence-corrected chi connectivity index (χ2v) is 5.09. The lowest BCUT2D eigenvalue weighted by molar-refractivity contribution is 0.468. The summed E-state index contributed by atoms with van der Waals surface area (Å²) in [6.45, 7) is 4.80. The number of benzene rings is 2. The number of nitrogen functional groups attached to an aromatic ring is 1. The molecule has 0 radical (unpaired) electrons. The topological polar surface area (TPSA) is 49.5 Å². The van der Waals surface area contributed by atoms with Crippen LogP contribution in [0.5, 0.6) is 5.75 Å². The van der Waals surface area contributed by atoms with Crippen LogP contribution in [0.2, 0.25) is 0 Å². The lowest BCUT2D eigenvalue weighted by Gasteiger charge is -2.21. The van der Waals surface area contributed by atoms with Crippen LogP contribution in [0.4, 0.5) is 11.4 Å². The van der Waals surface area contributed by atoms with Gasteiger partial charge in [0.25, 0.3) is 0 Å². The first-order chi connectivity index (χ1) is 8.95. The summed E-state index contributed by atoms with van der Waals surface area (Å²) >= 11 is 0. The largest absolute Gasteiger partial charge is 0.508 e. The Labute approximate surface area is 114 Å². The van der Waals surface area contributed by atoms with Crippen molar-refractivity contribution in [1.82, 2.24) is 0 Å². The molecule has 0 saturated heterocycles. The highest BCUT2D eigenvalue weighted by Gasteiger charge is 2.07. The van der Waals surface area contributed by atoms with Gasteiger partial charge in [-0.2, -0.15) is 0 Å². The molecule has 0 amide bonds. The van der Waals surface area contributed by atoms with Crippen molar-refractivity contribution in [3.63, 3.8) is 0 Å². The Morgan fingerprint density at radius 2 is 1.68 bits per heavy atom. The van der Waals surface area contributed by atoms with E-state index in [4.69, 9.17) is 5.73 Å². The fraction of sp³-hybridized carbons (Fsp3) is 0.250. The summed E-state index contributed by atoms with van der Waals surface area (Å²) < 4.78 is 0. The van der Waals surface area contributed by atoms with Crippen LogP contribution < -0.4 is 10.6 Å². The lowest BCUT2D eigenvalue weighted by atomic mass is 10.1. The highest BCUT2D eigenvalue weighted by Crippen LogP contribution is 2.24. The third-order valence-electron chi connectivity index (χ3n) is 3.16. The van der Waals surface area contributed by atoms with E-state index in [1.54, 1.807) is 12.1 Å². The van der Waals surface area contributed by atoms with Crippen LogP contribution in [0.1, 0.15) is 16.7 Å². The van der Waals surface area contributed by atoms with E-state index in [1.165, 1.54) is 11.1 Å². The van der Waals surface area contributed by atoms with Crippen molar-refractivity contribution < 1.29 is 5.11 Å².